The largest absolute Gasteiger partial charge is 0.508 e. The van der Waals surface area contributed by atoms with E-state index in [1.165, 1.54) is 68.5 Å². The third-order valence-electron chi connectivity index (χ3n) is 12.9. The third kappa shape index (κ3) is 11.3. The van der Waals surface area contributed by atoms with Gasteiger partial charge in [-0.2, -0.15) is 0 Å². The van der Waals surface area contributed by atoms with Crippen LogP contribution >= 0.6 is 0 Å². The van der Waals surface area contributed by atoms with Crippen LogP contribution in [0.1, 0.15) is 19.4 Å². The van der Waals surface area contributed by atoms with Crippen molar-refractivity contribution in [3.05, 3.63) is 82.5 Å². The molecule has 4 aromatic rings. The first-order valence-corrected chi connectivity index (χ1v) is 23.1. The van der Waals surface area contributed by atoms with Gasteiger partial charge in [-0.1, -0.05) is 12.1 Å². The minimum absolute atomic E-state index is 0.0336. The molecular formula is C48H56O26. The van der Waals surface area contributed by atoms with Crippen molar-refractivity contribution in [1.82, 2.24) is 0 Å². The Kier molecular flexibility index (Phi) is 16.8. The molecule has 74 heavy (non-hydrogen) atoms. The van der Waals surface area contributed by atoms with Gasteiger partial charge in [0.25, 0.3) is 0 Å². The van der Waals surface area contributed by atoms with Gasteiger partial charge in [0.05, 0.1) is 25.4 Å². The molecule has 3 aromatic carbocycles. The van der Waals surface area contributed by atoms with Crippen LogP contribution in [0.15, 0.2) is 76.0 Å². The molecule has 0 radical (unpaired) electrons. The highest BCUT2D eigenvalue weighted by Gasteiger charge is 2.54. The topological polar surface area (TPSA) is 414 Å². The highest BCUT2D eigenvalue weighted by atomic mass is 16.8. The van der Waals surface area contributed by atoms with Gasteiger partial charge >= 0.3 is 5.97 Å². The quantitative estimate of drug-likeness (QED) is 0.0450. The zero-order valence-corrected chi connectivity index (χ0v) is 39.0. The van der Waals surface area contributed by atoms with E-state index in [0.29, 0.717) is 5.56 Å². The van der Waals surface area contributed by atoms with Crippen molar-refractivity contribution in [3.8, 4) is 40.1 Å². The van der Waals surface area contributed by atoms with E-state index in [4.69, 9.17) is 47.0 Å². The van der Waals surface area contributed by atoms with Crippen LogP contribution in [0.3, 0.4) is 0 Å². The third-order valence-corrected chi connectivity index (χ3v) is 12.9. The van der Waals surface area contributed by atoms with E-state index in [1.54, 1.807) is 0 Å². The molecule has 4 saturated heterocycles. The number of aliphatic hydroxyl groups excluding tert-OH is 10. The number of hydrogen-bond donors (Lipinski definition) is 14. The van der Waals surface area contributed by atoms with Gasteiger partial charge in [-0.05, 0) is 61.9 Å². The first kappa shape index (κ1) is 54.7. The highest BCUT2D eigenvalue weighted by Crippen LogP contribution is 2.39. The summed E-state index contributed by atoms with van der Waals surface area (Å²) >= 11 is 0. The Bertz CT molecular complexity index is 2640. The Hall–Kier alpha value is -5.60. The number of rotatable bonds is 14. The van der Waals surface area contributed by atoms with E-state index in [2.05, 4.69) is 0 Å². The van der Waals surface area contributed by atoms with E-state index in [0.717, 1.165) is 18.2 Å². The lowest BCUT2D eigenvalue weighted by Crippen LogP contribution is -2.66. The lowest BCUT2D eigenvalue weighted by atomic mass is 9.96. The number of benzene rings is 3. The fourth-order valence-electron chi connectivity index (χ4n) is 8.75. The van der Waals surface area contributed by atoms with Crippen LogP contribution in [0.5, 0.6) is 28.7 Å². The summed E-state index contributed by atoms with van der Waals surface area (Å²) in [7, 11) is 0. The molecule has 8 rings (SSSR count). The number of aliphatic hydroxyl groups is 10. The summed E-state index contributed by atoms with van der Waals surface area (Å²) in [6, 6.07) is 12.7. The molecule has 4 fully saturated rings. The second kappa shape index (κ2) is 22.7. The molecule has 0 spiro atoms. The van der Waals surface area contributed by atoms with Crippen molar-refractivity contribution in [2.24, 2.45) is 0 Å². The molecular weight excluding hydrogens is 993 g/mol. The molecule has 4 aliphatic heterocycles. The number of carbonyl (C=O) groups excluding carboxylic acids is 1. The smallest absolute Gasteiger partial charge is 0.331 e. The molecule has 1 aromatic heterocycles. The predicted octanol–water partition coefficient (Wildman–Crippen LogP) is -2.75. The zero-order chi connectivity index (χ0) is 53.4. The molecule has 0 bridgehead atoms. The van der Waals surface area contributed by atoms with Crippen LogP contribution in [-0.2, 0) is 42.7 Å². The number of phenols is 4. The number of aromatic hydroxyl groups is 4. The summed E-state index contributed by atoms with van der Waals surface area (Å²) in [5, 5.41) is 149. The molecule has 26 heteroatoms. The Morgan fingerprint density at radius 3 is 1.84 bits per heavy atom. The van der Waals surface area contributed by atoms with Crippen molar-refractivity contribution in [3.63, 3.8) is 0 Å². The minimum Gasteiger partial charge on any atom is -0.508 e. The molecule has 404 valence electrons. The number of hydrogen-bond acceptors (Lipinski definition) is 26. The molecule has 5 heterocycles. The fraction of sp³-hybridized carbons (Fsp3) is 0.500. The Morgan fingerprint density at radius 2 is 1.18 bits per heavy atom. The van der Waals surface area contributed by atoms with E-state index in [-0.39, 0.29) is 22.6 Å². The van der Waals surface area contributed by atoms with Gasteiger partial charge in [-0.25, -0.2) is 4.79 Å². The lowest BCUT2D eigenvalue weighted by molar-refractivity contribution is -0.368. The van der Waals surface area contributed by atoms with Gasteiger partial charge < -0.3 is 119 Å². The van der Waals surface area contributed by atoms with Gasteiger partial charge in [-0.3, -0.25) is 4.79 Å². The Labute approximate surface area is 418 Å². The Morgan fingerprint density at radius 1 is 0.595 bits per heavy atom. The van der Waals surface area contributed by atoms with Crippen molar-refractivity contribution in [2.45, 2.75) is 137 Å². The van der Waals surface area contributed by atoms with Crippen molar-refractivity contribution in [1.29, 1.82) is 0 Å². The monoisotopic (exact) mass is 1050 g/mol. The lowest BCUT2D eigenvalue weighted by Gasteiger charge is -2.47. The van der Waals surface area contributed by atoms with Crippen LogP contribution in [0.2, 0.25) is 0 Å². The zero-order valence-electron chi connectivity index (χ0n) is 39.0. The van der Waals surface area contributed by atoms with E-state index >= 15 is 0 Å². The second-order valence-corrected chi connectivity index (χ2v) is 18.1. The first-order valence-electron chi connectivity index (χ1n) is 23.1. The van der Waals surface area contributed by atoms with E-state index < -0.39 is 176 Å². The molecule has 0 aliphatic carbocycles. The summed E-state index contributed by atoms with van der Waals surface area (Å²) in [5.74, 6) is -3.63. The highest BCUT2D eigenvalue weighted by molar-refractivity contribution is 5.88. The summed E-state index contributed by atoms with van der Waals surface area (Å²) in [6.07, 6.45) is -33.8. The fourth-order valence-corrected chi connectivity index (χ4v) is 8.75. The number of ether oxygens (including phenoxy) is 9. The van der Waals surface area contributed by atoms with E-state index in [1.807, 2.05) is 0 Å². The maximum atomic E-state index is 14.4. The average Bonchev–Trinajstić information content (AvgIpc) is 3.36. The first-order chi connectivity index (χ1) is 35.1. The Balaban J connectivity index is 1.09. The SMILES string of the molecule is C[C@@H]1O[C@@H](O[C@H]2[C@H](Oc3c(-c4ccc(O)cc4)oc4cc(O)cc(O)c4c3=O)O[C@@H](CO[C@@H]3O[C@@H](C)[C@H](OC(=O)/C=C/c4ccc(O)cc4)[C@H](O[C@@H]4O[C@H](CO)[C@@H](O)[C@H](O)[C@@H]4O)[C@@H]3O)[C@H](O)[C@@H]2O)[C@@H](O)[C@H](O)[C@H]1O. The van der Waals surface area contributed by atoms with Crippen LogP contribution < -0.4 is 10.2 Å². The second-order valence-electron chi connectivity index (χ2n) is 18.1. The van der Waals surface area contributed by atoms with Gasteiger partial charge in [0.1, 0.15) is 107 Å². The number of fused-ring (bicyclic) bond motifs is 1. The summed E-state index contributed by atoms with van der Waals surface area (Å²) < 4.78 is 58.7. The molecule has 0 amide bonds. The van der Waals surface area contributed by atoms with Crippen LogP contribution in [0, 0.1) is 0 Å². The standard InChI is InChI=1S/C48H56O26/c1-17-30(55)34(59)37(62)46(66-17)74-44-36(61)32(57)27(70-48(44)73-42-33(58)29-24(53)13-23(52)14-25(29)68-41(42)20-6-10-22(51)11-7-20)16-65-45-39(64)43(72-47-38(63)35(60)31(56)26(15-49)69-47)40(18(2)67-45)71-28(54)12-5-19-3-8-21(50)9-4-19/h3-14,17-18,26-27,30-32,34-40,43-53,55-57,59-64H,15-16H2,1-2H3/b12-5+/t17-,18-,26+,27-,30-,31+,32-,34+,35-,36-,37-,38-,39-,40-,43+,44+,45+,46-,47-,48-/m0/s1. The van der Waals surface area contributed by atoms with Crippen molar-refractivity contribution in [2.75, 3.05) is 13.2 Å². The summed E-state index contributed by atoms with van der Waals surface area (Å²) in [6.45, 7) is 0.992. The summed E-state index contributed by atoms with van der Waals surface area (Å²) in [4.78, 5) is 27.6. The molecule has 26 nitrogen and oxygen atoms in total. The normalized spacial score (nSPS) is 36.7. The molecule has 14 N–H and O–H groups in total. The van der Waals surface area contributed by atoms with Crippen LogP contribution in [0.25, 0.3) is 28.4 Å². The molecule has 0 saturated carbocycles. The maximum absolute atomic E-state index is 14.4. The van der Waals surface area contributed by atoms with Crippen LogP contribution in [-0.4, -0.2) is 213 Å². The van der Waals surface area contributed by atoms with Crippen molar-refractivity contribution < 1.29 is 123 Å². The van der Waals surface area contributed by atoms with Crippen LogP contribution in [0.4, 0.5) is 0 Å². The molecule has 4 aliphatic rings. The van der Waals surface area contributed by atoms with Gasteiger partial charge in [0.15, 0.2) is 36.8 Å². The van der Waals surface area contributed by atoms with Gasteiger partial charge in [0, 0.05) is 23.8 Å². The number of esters is 1. The van der Waals surface area contributed by atoms with Gasteiger partial charge in [-0.15, -0.1) is 0 Å². The van der Waals surface area contributed by atoms with Crippen molar-refractivity contribution >= 4 is 23.0 Å². The molecule has 20 atom stereocenters. The van der Waals surface area contributed by atoms with Gasteiger partial charge in [0.2, 0.25) is 17.5 Å². The maximum Gasteiger partial charge on any atom is 0.331 e. The number of phenolic OH excluding ortho intramolecular Hbond substituents is 4. The predicted molar refractivity (Wildman–Crippen MR) is 243 cm³/mol. The molecule has 0 unspecified atom stereocenters. The number of carbonyl (C=O) groups is 1. The minimum atomic E-state index is -2.15. The summed E-state index contributed by atoms with van der Waals surface area (Å²) in [5.41, 5.74) is -0.877. The average molecular weight is 1050 g/mol. The van der Waals surface area contributed by atoms with E-state index in [9.17, 15) is 81.1 Å².